The first-order valence-electron chi connectivity index (χ1n) is 16.2. The van der Waals surface area contributed by atoms with Crippen molar-refractivity contribution in [3.8, 4) is 10.4 Å². The number of hydrogen-bond acceptors (Lipinski definition) is 10. The summed E-state index contributed by atoms with van der Waals surface area (Å²) in [5.74, 6) is -1.73. The Morgan fingerprint density at radius 2 is 1.59 bits per heavy atom. The summed E-state index contributed by atoms with van der Waals surface area (Å²) in [4.78, 5) is 69.3. The lowest BCUT2D eigenvalue weighted by Gasteiger charge is -2.35. The second-order valence-corrected chi connectivity index (χ2v) is 13.6. The number of aryl methyl sites for hydroxylation is 1. The molecule has 1 aromatic carbocycles. The maximum Gasteiger partial charge on any atom is 0.404 e. The molecule has 6 N–H and O–H groups in total. The van der Waals surface area contributed by atoms with Crippen molar-refractivity contribution in [2.75, 3.05) is 46.1 Å². The van der Waals surface area contributed by atoms with Crippen LogP contribution in [-0.2, 0) is 35.2 Å². The highest BCUT2D eigenvalue weighted by Crippen LogP contribution is 2.28. The Labute approximate surface area is 290 Å². The van der Waals surface area contributed by atoms with Gasteiger partial charge in [0, 0.05) is 45.4 Å². The highest BCUT2D eigenvalue weighted by Gasteiger charge is 2.44. The number of benzene rings is 1. The van der Waals surface area contributed by atoms with Crippen LogP contribution in [0.4, 0.5) is 4.79 Å². The van der Waals surface area contributed by atoms with Gasteiger partial charge in [0.1, 0.15) is 12.1 Å². The van der Waals surface area contributed by atoms with Crippen LogP contribution >= 0.6 is 11.3 Å². The zero-order valence-corrected chi connectivity index (χ0v) is 29.3. The molecular weight excluding hydrogens is 656 g/mol. The van der Waals surface area contributed by atoms with Crippen molar-refractivity contribution >= 4 is 41.1 Å². The lowest BCUT2D eigenvalue weighted by atomic mass is 9.85. The van der Waals surface area contributed by atoms with Gasteiger partial charge in [0.05, 0.1) is 48.6 Å². The normalized spacial score (nSPS) is 16.6. The van der Waals surface area contributed by atoms with Crippen molar-refractivity contribution in [1.29, 1.82) is 0 Å². The lowest BCUT2D eigenvalue weighted by Crippen LogP contribution is -2.57. The summed E-state index contributed by atoms with van der Waals surface area (Å²) in [7, 11) is 0. The summed E-state index contributed by atoms with van der Waals surface area (Å²) in [6.45, 7) is 8.92. The van der Waals surface area contributed by atoms with E-state index in [-0.39, 0.29) is 77.8 Å². The van der Waals surface area contributed by atoms with E-state index in [2.05, 4.69) is 26.3 Å². The summed E-state index contributed by atoms with van der Waals surface area (Å²) in [6, 6.07) is 5.88. The molecule has 0 spiro atoms. The Morgan fingerprint density at radius 3 is 2.18 bits per heavy atom. The maximum atomic E-state index is 13.8. The van der Waals surface area contributed by atoms with Gasteiger partial charge >= 0.3 is 6.09 Å². The van der Waals surface area contributed by atoms with E-state index in [1.807, 2.05) is 31.2 Å². The van der Waals surface area contributed by atoms with Gasteiger partial charge < -0.3 is 45.9 Å². The van der Waals surface area contributed by atoms with Gasteiger partial charge in [0.25, 0.3) is 0 Å². The molecule has 0 saturated carbocycles. The zero-order chi connectivity index (χ0) is 36.0. The van der Waals surface area contributed by atoms with Crippen LogP contribution in [0.2, 0.25) is 0 Å². The van der Waals surface area contributed by atoms with Crippen LogP contribution in [0.15, 0.2) is 29.8 Å². The maximum absolute atomic E-state index is 13.8. The molecule has 1 fully saturated rings. The molecule has 3 atom stereocenters. The van der Waals surface area contributed by atoms with E-state index in [4.69, 9.17) is 14.6 Å². The molecule has 270 valence electrons. The predicted octanol–water partition coefficient (Wildman–Crippen LogP) is 1.42. The molecule has 2 heterocycles. The highest BCUT2D eigenvalue weighted by atomic mass is 32.1. The van der Waals surface area contributed by atoms with Gasteiger partial charge in [0.2, 0.25) is 23.6 Å². The van der Waals surface area contributed by atoms with Gasteiger partial charge in [-0.2, -0.15) is 0 Å². The summed E-state index contributed by atoms with van der Waals surface area (Å²) in [6.07, 6.45) is -2.19. The summed E-state index contributed by atoms with van der Waals surface area (Å²) < 4.78 is 10.6. The number of likely N-dealkylation sites (tertiary alicyclic amines) is 1. The first kappa shape index (κ1) is 39.3. The van der Waals surface area contributed by atoms with E-state index >= 15 is 0 Å². The molecule has 2 aromatic rings. The number of amides is 5. The van der Waals surface area contributed by atoms with Crippen LogP contribution in [0.25, 0.3) is 10.4 Å². The van der Waals surface area contributed by atoms with Crippen LogP contribution in [0.1, 0.15) is 51.3 Å². The molecule has 16 heteroatoms. The fraction of sp³-hybridized carbons (Fsp3) is 0.576. The van der Waals surface area contributed by atoms with Gasteiger partial charge in [-0.1, -0.05) is 45.0 Å². The fourth-order valence-corrected chi connectivity index (χ4v) is 5.96. The molecule has 15 nitrogen and oxygen atoms in total. The second kappa shape index (κ2) is 19.2. The number of aromatic nitrogens is 1. The minimum atomic E-state index is -1.12. The number of rotatable bonds is 18. The topological polar surface area (TPSA) is 209 Å². The Hall–Kier alpha value is -4.12. The Bertz CT molecular complexity index is 1410. The number of carbonyl (C=O) groups excluding carboxylic acids is 4. The number of nitrogens with one attached hydrogen (secondary N) is 4. The number of thiazole rings is 1. The smallest absolute Gasteiger partial charge is 0.404 e. The van der Waals surface area contributed by atoms with E-state index in [1.54, 1.807) is 37.6 Å². The standard InChI is InChI=1S/C33H48N6O9S/c1-21-28(49-20-37-21)23-7-5-22(6-8-23)18-36-30(43)25-17-24(40)19-39(25)31(44)29(33(2,3)4)38-27(42)10-9-26(41)34-11-13-47-15-16-48-14-12-35-32(45)46/h5-8,20,24-25,29,35,40H,9-19H2,1-4H3,(H,34,41)(H,36,43)(H,38,42)(H,45,46)/t24-,25+,29?/m1/s1. The third-order valence-corrected chi connectivity index (χ3v) is 8.73. The van der Waals surface area contributed by atoms with Crippen molar-refractivity contribution in [2.24, 2.45) is 5.41 Å². The Morgan fingerprint density at radius 1 is 0.959 bits per heavy atom. The third kappa shape index (κ3) is 13.0. The van der Waals surface area contributed by atoms with Gasteiger partial charge in [-0.05, 0) is 23.5 Å². The largest absolute Gasteiger partial charge is 0.465 e. The second-order valence-electron chi connectivity index (χ2n) is 12.8. The van der Waals surface area contributed by atoms with Crippen LogP contribution in [0.3, 0.4) is 0 Å². The van der Waals surface area contributed by atoms with Crippen molar-refractivity contribution in [3.05, 3.63) is 41.0 Å². The van der Waals surface area contributed by atoms with Crippen molar-refractivity contribution < 1.29 is 43.7 Å². The molecule has 1 aliphatic heterocycles. The fourth-order valence-electron chi connectivity index (χ4n) is 5.14. The van der Waals surface area contributed by atoms with E-state index in [1.165, 1.54) is 4.90 Å². The van der Waals surface area contributed by atoms with Crippen LogP contribution in [-0.4, -0.2) is 114 Å². The third-order valence-electron chi connectivity index (χ3n) is 7.75. The minimum Gasteiger partial charge on any atom is -0.465 e. The minimum absolute atomic E-state index is 0.0409. The number of aliphatic hydroxyl groups is 1. The Kier molecular flexibility index (Phi) is 15.4. The number of hydrogen-bond donors (Lipinski definition) is 6. The van der Waals surface area contributed by atoms with Crippen LogP contribution < -0.4 is 21.3 Å². The Balaban J connectivity index is 1.44. The molecule has 1 aromatic heterocycles. The number of carboxylic acid groups (broad SMARTS) is 1. The molecule has 1 aliphatic rings. The van der Waals surface area contributed by atoms with Crippen molar-refractivity contribution in [3.63, 3.8) is 0 Å². The van der Waals surface area contributed by atoms with Crippen LogP contribution in [0, 0.1) is 12.3 Å². The zero-order valence-electron chi connectivity index (χ0n) is 28.5. The lowest BCUT2D eigenvalue weighted by molar-refractivity contribution is -0.144. The monoisotopic (exact) mass is 704 g/mol. The van der Waals surface area contributed by atoms with Gasteiger partial charge in [0.15, 0.2) is 0 Å². The van der Waals surface area contributed by atoms with Crippen molar-refractivity contribution in [1.82, 2.24) is 31.2 Å². The average molecular weight is 705 g/mol. The molecule has 0 radical (unpaired) electrons. The van der Waals surface area contributed by atoms with E-state index in [0.29, 0.717) is 0 Å². The van der Waals surface area contributed by atoms with Gasteiger partial charge in [-0.25, -0.2) is 9.78 Å². The van der Waals surface area contributed by atoms with E-state index in [0.717, 1.165) is 21.7 Å². The number of carbonyl (C=O) groups is 5. The summed E-state index contributed by atoms with van der Waals surface area (Å²) in [5.41, 5.74) is 3.94. The molecule has 0 aliphatic carbocycles. The van der Waals surface area contributed by atoms with Gasteiger partial charge in [-0.15, -0.1) is 11.3 Å². The quantitative estimate of drug-likeness (QED) is 0.123. The number of β-amino-alcohol motifs (C(OH)–C–C–N with tert-alkyl or cyclic N) is 1. The molecule has 49 heavy (non-hydrogen) atoms. The number of aliphatic hydroxyl groups excluding tert-OH is 1. The van der Waals surface area contributed by atoms with Gasteiger partial charge in [-0.3, -0.25) is 19.2 Å². The predicted molar refractivity (Wildman–Crippen MR) is 182 cm³/mol. The molecule has 3 rings (SSSR count). The highest BCUT2D eigenvalue weighted by molar-refractivity contribution is 7.13. The number of ether oxygens (including phenoxy) is 2. The van der Waals surface area contributed by atoms with Crippen LogP contribution in [0.5, 0.6) is 0 Å². The van der Waals surface area contributed by atoms with E-state index < -0.39 is 47.4 Å². The summed E-state index contributed by atoms with van der Waals surface area (Å²) in [5, 5.41) is 29.4. The average Bonchev–Trinajstić information content (AvgIpc) is 3.66. The SMILES string of the molecule is Cc1ncsc1-c1ccc(CNC(=O)[C@@H]2C[C@@H](O)CN2C(=O)C(NC(=O)CCC(=O)NCCOCCOCCNC(=O)O)C(C)(C)C)cc1. The van der Waals surface area contributed by atoms with Crippen molar-refractivity contribution in [2.45, 2.75) is 71.7 Å². The van der Waals surface area contributed by atoms with E-state index in [9.17, 15) is 29.1 Å². The first-order chi connectivity index (χ1) is 23.3. The summed E-state index contributed by atoms with van der Waals surface area (Å²) >= 11 is 1.56. The molecule has 0 bridgehead atoms. The molecular formula is C33H48N6O9S. The molecule has 1 saturated heterocycles. The molecule has 5 amide bonds. The first-order valence-corrected chi connectivity index (χ1v) is 17.1. The number of nitrogens with zero attached hydrogens (tertiary/aromatic N) is 2. The molecule has 1 unspecified atom stereocenters.